The van der Waals surface area contributed by atoms with E-state index in [-0.39, 0.29) is 6.04 Å². The quantitative estimate of drug-likeness (QED) is 0.514. The lowest BCUT2D eigenvalue weighted by Crippen LogP contribution is -2.51. The van der Waals surface area contributed by atoms with Gasteiger partial charge in [-0.1, -0.05) is 52.6 Å². The van der Waals surface area contributed by atoms with Gasteiger partial charge in [0, 0.05) is 66.5 Å². The molecule has 1 aliphatic heterocycles. The van der Waals surface area contributed by atoms with Gasteiger partial charge in [-0.2, -0.15) is 0 Å². The van der Waals surface area contributed by atoms with E-state index in [1.54, 1.807) is 0 Å². The van der Waals surface area contributed by atoms with Crippen LogP contribution in [-0.2, 0) is 6.42 Å². The maximum atomic E-state index is 12.5. The molecule has 8 heteroatoms. The van der Waals surface area contributed by atoms with E-state index in [1.165, 1.54) is 0 Å². The highest BCUT2D eigenvalue weighted by Gasteiger charge is 2.23. The Morgan fingerprint density at radius 1 is 1.09 bits per heavy atom. The van der Waals surface area contributed by atoms with Crippen LogP contribution >= 0.6 is 23.2 Å². The van der Waals surface area contributed by atoms with Crippen LogP contribution in [0.25, 0.3) is 0 Å². The molecule has 6 nitrogen and oxygen atoms in total. The van der Waals surface area contributed by atoms with Gasteiger partial charge in [-0.3, -0.25) is 4.90 Å². The number of benzene rings is 2. The van der Waals surface area contributed by atoms with Crippen LogP contribution in [0.2, 0.25) is 10.0 Å². The standard InChI is InChI=1S/C25H28Cl2N4O2/c1-17(30-10-12-31(13-11-30)21-8-5-7-20(26)15-21)16-28-24-22(18(2)29-33-25(24)32)14-19-6-3-4-9-23(19)27/h3-9,15,17,28H,10-14,16H2,1-2H3. The first-order valence-corrected chi connectivity index (χ1v) is 11.9. The van der Waals surface area contributed by atoms with Crippen LogP contribution in [0.15, 0.2) is 57.8 Å². The van der Waals surface area contributed by atoms with Crippen LogP contribution < -0.4 is 15.8 Å². The molecule has 174 valence electrons. The number of nitrogens with one attached hydrogen (secondary N) is 1. The van der Waals surface area contributed by atoms with Crippen molar-refractivity contribution in [2.75, 3.05) is 42.9 Å². The number of rotatable bonds is 7. The van der Waals surface area contributed by atoms with Crippen LogP contribution in [-0.4, -0.2) is 48.8 Å². The summed E-state index contributed by atoms with van der Waals surface area (Å²) in [5.41, 5.74) is 3.61. The second kappa shape index (κ2) is 10.6. The zero-order valence-electron chi connectivity index (χ0n) is 18.9. The molecule has 4 rings (SSSR count). The van der Waals surface area contributed by atoms with Crippen LogP contribution in [0.3, 0.4) is 0 Å². The SMILES string of the molecule is Cc1noc(=O)c(NCC(C)N2CCN(c3cccc(Cl)c3)CC2)c1Cc1ccccc1Cl. The van der Waals surface area contributed by atoms with E-state index in [0.29, 0.717) is 29.4 Å². The normalized spacial score (nSPS) is 15.5. The van der Waals surface area contributed by atoms with E-state index in [2.05, 4.69) is 33.3 Å². The van der Waals surface area contributed by atoms with Gasteiger partial charge in [0.05, 0.1) is 5.69 Å². The molecule has 1 aromatic heterocycles. The van der Waals surface area contributed by atoms with E-state index in [4.69, 9.17) is 27.7 Å². The van der Waals surface area contributed by atoms with Crippen molar-refractivity contribution in [1.29, 1.82) is 0 Å². The fraction of sp³-hybridized carbons (Fsp3) is 0.360. The summed E-state index contributed by atoms with van der Waals surface area (Å²) in [5, 5.41) is 8.70. The molecular formula is C25H28Cl2N4O2. The van der Waals surface area contributed by atoms with Gasteiger partial charge in [-0.05, 0) is 43.7 Å². The molecule has 0 spiro atoms. The second-order valence-corrected chi connectivity index (χ2v) is 9.25. The summed E-state index contributed by atoms with van der Waals surface area (Å²) in [6, 6.07) is 15.9. The fourth-order valence-electron chi connectivity index (χ4n) is 4.21. The van der Waals surface area contributed by atoms with Gasteiger partial charge in [0.2, 0.25) is 0 Å². The molecule has 1 saturated heterocycles. The Morgan fingerprint density at radius 2 is 1.85 bits per heavy atom. The van der Waals surface area contributed by atoms with Crippen molar-refractivity contribution in [1.82, 2.24) is 10.1 Å². The monoisotopic (exact) mass is 486 g/mol. The molecule has 1 unspecified atom stereocenters. The Bertz CT molecular complexity index is 1160. The predicted octanol–water partition coefficient (Wildman–Crippen LogP) is 4.86. The van der Waals surface area contributed by atoms with Crippen LogP contribution in [0.5, 0.6) is 0 Å². The third kappa shape index (κ3) is 5.69. The molecule has 2 aromatic carbocycles. The van der Waals surface area contributed by atoms with Crippen molar-refractivity contribution in [3.05, 3.63) is 85.8 Å². The average molecular weight is 487 g/mol. The molecule has 0 amide bonds. The van der Waals surface area contributed by atoms with E-state index >= 15 is 0 Å². The number of anilines is 2. The third-order valence-electron chi connectivity index (χ3n) is 6.22. The molecule has 0 saturated carbocycles. The first-order chi connectivity index (χ1) is 15.9. The van der Waals surface area contributed by atoms with Crippen molar-refractivity contribution in [3.63, 3.8) is 0 Å². The number of aryl methyl sites for hydroxylation is 1. The van der Waals surface area contributed by atoms with Gasteiger partial charge >= 0.3 is 5.63 Å². The zero-order valence-corrected chi connectivity index (χ0v) is 20.4. The lowest BCUT2D eigenvalue weighted by Gasteiger charge is -2.39. The van der Waals surface area contributed by atoms with Crippen LogP contribution in [0.4, 0.5) is 11.4 Å². The second-order valence-electron chi connectivity index (χ2n) is 8.41. The fourth-order valence-corrected chi connectivity index (χ4v) is 4.60. The molecule has 2 heterocycles. The lowest BCUT2D eigenvalue weighted by atomic mass is 10.0. The maximum Gasteiger partial charge on any atom is 0.381 e. The first-order valence-electron chi connectivity index (χ1n) is 11.1. The Morgan fingerprint density at radius 3 is 2.58 bits per heavy atom. The predicted molar refractivity (Wildman–Crippen MR) is 135 cm³/mol. The van der Waals surface area contributed by atoms with Gasteiger partial charge in [-0.25, -0.2) is 4.79 Å². The molecule has 0 radical (unpaired) electrons. The highest BCUT2D eigenvalue weighted by Crippen LogP contribution is 2.24. The molecule has 1 N–H and O–H groups in total. The minimum Gasteiger partial charge on any atom is -0.377 e. The van der Waals surface area contributed by atoms with E-state index in [9.17, 15) is 4.79 Å². The molecule has 3 aromatic rings. The van der Waals surface area contributed by atoms with Gasteiger partial charge in [-0.15, -0.1) is 0 Å². The number of hydrogen-bond donors (Lipinski definition) is 1. The first kappa shape index (κ1) is 23.6. The lowest BCUT2D eigenvalue weighted by molar-refractivity contribution is 0.204. The van der Waals surface area contributed by atoms with Gasteiger partial charge in [0.15, 0.2) is 0 Å². The molecule has 1 aliphatic rings. The summed E-state index contributed by atoms with van der Waals surface area (Å²) < 4.78 is 5.02. The maximum absolute atomic E-state index is 12.5. The van der Waals surface area contributed by atoms with Crippen molar-refractivity contribution in [3.8, 4) is 0 Å². The average Bonchev–Trinajstić information content (AvgIpc) is 2.82. The van der Waals surface area contributed by atoms with Crippen molar-refractivity contribution < 1.29 is 4.52 Å². The van der Waals surface area contributed by atoms with E-state index in [1.807, 2.05) is 49.4 Å². The van der Waals surface area contributed by atoms with Gasteiger partial charge in [0.25, 0.3) is 0 Å². The smallest absolute Gasteiger partial charge is 0.377 e. The molecule has 33 heavy (non-hydrogen) atoms. The molecule has 1 atom stereocenters. The minimum atomic E-state index is -0.458. The zero-order chi connectivity index (χ0) is 23.4. The summed E-state index contributed by atoms with van der Waals surface area (Å²) in [6.07, 6.45) is 0.513. The van der Waals surface area contributed by atoms with Crippen molar-refractivity contribution in [2.45, 2.75) is 26.3 Å². The van der Waals surface area contributed by atoms with Crippen LogP contribution in [0.1, 0.15) is 23.7 Å². The molecule has 0 bridgehead atoms. The van der Waals surface area contributed by atoms with Crippen molar-refractivity contribution >= 4 is 34.6 Å². The van der Waals surface area contributed by atoms with Gasteiger partial charge < -0.3 is 14.7 Å². The van der Waals surface area contributed by atoms with Crippen molar-refractivity contribution in [2.24, 2.45) is 0 Å². The number of aromatic nitrogens is 1. The Kier molecular flexibility index (Phi) is 7.58. The van der Waals surface area contributed by atoms with E-state index in [0.717, 1.165) is 48.0 Å². The Hall–Kier alpha value is -2.54. The Labute approximate surface area is 204 Å². The minimum absolute atomic E-state index is 0.243. The third-order valence-corrected chi connectivity index (χ3v) is 6.82. The molecule has 1 fully saturated rings. The van der Waals surface area contributed by atoms with Crippen LogP contribution in [0, 0.1) is 6.92 Å². The summed E-state index contributed by atoms with van der Waals surface area (Å²) in [7, 11) is 0. The number of hydrogen-bond acceptors (Lipinski definition) is 6. The summed E-state index contributed by atoms with van der Waals surface area (Å²) >= 11 is 12.5. The highest BCUT2D eigenvalue weighted by atomic mass is 35.5. The topological polar surface area (TPSA) is 61.6 Å². The number of halogens is 2. The molecule has 0 aliphatic carbocycles. The highest BCUT2D eigenvalue weighted by molar-refractivity contribution is 6.31. The Balaban J connectivity index is 1.40. The summed E-state index contributed by atoms with van der Waals surface area (Å²) in [5.74, 6) is 0. The van der Waals surface area contributed by atoms with E-state index < -0.39 is 5.63 Å². The summed E-state index contributed by atoms with van der Waals surface area (Å²) in [4.78, 5) is 17.3. The van der Waals surface area contributed by atoms with Gasteiger partial charge in [0.1, 0.15) is 5.69 Å². The number of piperazine rings is 1. The largest absolute Gasteiger partial charge is 0.381 e. The molecular weight excluding hydrogens is 459 g/mol. The summed E-state index contributed by atoms with van der Waals surface area (Å²) in [6.45, 7) is 8.38. The number of nitrogens with zero attached hydrogens (tertiary/aromatic N) is 3.